The molecule has 0 spiro atoms. The summed E-state index contributed by atoms with van der Waals surface area (Å²) in [4.78, 5) is 27.9. The SMILES string of the molecule is CCC1CCCCN1c1cnc(C(=O)N2CCN(C)CC2)cn1. The minimum Gasteiger partial charge on any atom is -0.352 e. The van der Waals surface area contributed by atoms with Crippen LogP contribution in [-0.2, 0) is 0 Å². The fourth-order valence-corrected chi connectivity index (χ4v) is 3.48. The number of carbonyl (C=O) groups excluding carboxylic acids is 1. The number of amides is 1. The first-order valence-corrected chi connectivity index (χ1v) is 8.75. The van der Waals surface area contributed by atoms with E-state index in [1.807, 2.05) is 4.90 Å². The molecule has 3 rings (SSSR count). The number of piperazine rings is 1. The smallest absolute Gasteiger partial charge is 0.274 e. The second-order valence-electron chi connectivity index (χ2n) is 6.61. The monoisotopic (exact) mass is 317 g/mol. The molecule has 2 aliphatic heterocycles. The number of rotatable bonds is 3. The Morgan fingerprint density at radius 3 is 2.57 bits per heavy atom. The van der Waals surface area contributed by atoms with Gasteiger partial charge < -0.3 is 14.7 Å². The Hall–Kier alpha value is -1.69. The van der Waals surface area contributed by atoms with E-state index < -0.39 is 0 Å². The van der Waals surface area contributed by atoms with Gasteiger partial charge in [-0.05, 0) is 32.7 Å². The molecule has 0 aliphatic carbocycles. The van der Waals surface area contributed by atoms with E-state index in [1.54, 1.807) is 12.4 Å². The summed E-state index contributed by atoms with van der Waals surface area (Å²) >= 11 is 0. The summed E-state index contributed by atoms with van der Waals surface area (Å²) in [6.07, 6.45) is 8.28. The second-order valence-corrected chi connectivity index (χ2v) is 6.61. The van der Waals surface area contributed by atoms with Crippen LogP contribution in [0.4, 0.5) is 5.82 Å². The third kappa shape index (κ3) is 3.63. The molecular formula is C17H27N5O. The van der Waals surface area contributed by atoms with Gasteiger partial charge in [-0.2, -0.15) is 0 Å². The largest absolute Gasteiger partial charge is 0.352 e. The first kappa shape index (κ1) is 16.2. The molecule has 2 saturated heterocycles. The summed E-state index contributed by atoms with van der Waals surface area (Å²) in [5.74, 6) is 0.911. The number of nitrogens with zero attached hydrogens (tertiary/aromatic N) is 5. The molecule has 3 heterocycles. The minimum absolute atomic E-state index is 0.00263. The van der Waals surface area contributed by atoms with Crippen LogP contribution in [0, 0.1) is 0 Å². The fourth-order valence-electron chi connectivity index (χ4n) is 3.48. The quantitative estimate of drug-likeness (QED) is 0.848. The Morgan fingerprint density at radius 2 is 1.91 bits per heavy atom. The third-order valence-electron chi connectivity index (χ3n) is 5.04. The van der Waals surface area contributed by atoms with Crippen LogP contribution in [0.1, 0.15) is 43.1 Å². The summed E-state index contributed by atoms with van der Waals surface area (Å²) in [6.45, 7) is 6.64. The van der Waals surface area contributed by atoms with Crippen molar-refractivity contribution in [3.63, 3.8) is 0 Å². The van der Waals surface area contributed by atoms with Crippen LogP contribution in [0.2, 0.25) is 0 Å². The number of hydrogen-bond acceptors (Lipinski definition) is 5. The molecule has 2 aliphatic rings. The standard InChI is InChI=1S/C17H27N5O/c1-3-14-6-4-5-7-22(14)16-13-18-15(12-19-16)17(23)21-10-8-20(2)9-11-21/h12-14H,3-11H2,1-2H3. The molecule has 1 unspecified atom stereocenters. The molecular weight excluding hydrogens is 290 g/mol. The van der Waals surface area contributed by atoms with Gasteiger partial charge >= 0.3 is 0 Å². The predicted octanol–water partition coefficient (Wildman–Crippen LogP) is 1.63. The normalized spacial score (nSPS) is 23.1. The van der Waals surface area contributed by atoms with Crippen molar-refractivity contribution >= 4 is 11.7 Å². The van der Waals surface area contributed by atoms with Crippen molar-refractivity contribution in [3.8, 4) is 0 Å². The molecule has 2 fully saturated rings. The highest BCUT2D eigenvalue weighted by atomic mass is 16.2. The van der Waals surface area contributed by atoms with Crippen molar-refractivity contribution in [2.75, 3.05) is 44.7 Å². The number of carbonyl (C=O) groups is 1. The summed E-state index contributed by atoms with van der Waals surface area (Å²) < 4.78 is 0. The van der Waals surface area contributed by atoms with Crippen molar-refractivity contribution in [3.05, 3.63) is 18.1 Å². The van der Waals surface area contributed by atoms with Crippen LogP contribution in [0.3, 0.4) is 0 Å². The van der Waals surface area contributed by atoms with Crippen LogP contribution in [0.25, 0.3) is 0 Å². The number of hydrogen-bond donors (Lipinski definition) is 0. The van der Waals surface area contributed by atoms with Crippen molar-refractivity contribution in [1.29, 1.82) is 0 Å². The van der Waals surface area contributed by atoms with Gasteiger partial charge in [-0.15, -0.1) is 0 Å². The van der Waals surface area contributed by atoms with E-state index in [1.165, 1.54) is 19.3 Å². The van der Waals surface area contributed by atoms with Crippen LogP contribution in [0.5, 0.6) is 0 Å². The van der Waals surface area contributed by atoms with E-state index in [0.717, 1.165) is 45.0 Å². The van der Waals surface area contributed by atoms with E-state index in [-0.39, 0.29) is 5.91 Å². The number of likely N-dealkylation sites (N-methyl/N-ethyl adjacent to an activating group) is 1. The molecule has 1 atom stereocenters. The molecule has 0 aromatic carbocycles. The zero-order chi connectivity index (χ0) is 16.2. The first-order valence-electron chi connectivity index (χ1n) is 8.75. The molecule has 23 heavy (non-hydrogen) atoms. The molecule has 126 valence electrons. The van der Waals surface area contributed by atoms with E-state index in [4.69, 9.17) is 0 Å². The lowest BCUT2D eigenvalue weighted by molar-refractivity contribution is 0.0658. The maximum absolute atomic E-state index is 12.5. The maximum atomic E-state index is 12.5. The van der Waals surface area contributed by atoms with E-state index in [9.17, 15) is 4.79 Å². The molecule has 1 amide bonds. The highest BCUT2D eigenvalue weighted by molar-refractivity contribution is 5.92. The summed E-state index contributed by atoms with van der Waals surface area (Å²) in [5.41, 5.74) is 0.461. The fraction of sp³-hybridized carbons (Fsp3) is 0.706. The lowest BCUT2D eigenvalue weighted by Crippen LogP contribution is -2.47. The summed E-state index contributed by atoms with van der Waals surface area (Å²) in [6, 6.07) is 0.553. The van der Waals surface area contributed by atoms with E-state index in [0.29, 0.717) is 11.7 Å². The average Bonchev–Trinajstić information content (AvgIpc) is 2.62. The first-order chi connectivity index (χ1) is 11.2. The van der Waals surface area contributed by atoms with E-state index >= 15 is 0 Å². The third-order valence-corrected chi connectivity index (χ3v) is 5.04. The molecule has 1 aromatic rings. The number of anilines is 1. The van der Waals surface area contributed by atoms with Gasteiger partial charge in [0.2, 0.25) is 0 Å². The molecule has 6 nitrogen and oxygen atoms in total. The van der Waals surface area contributed by atoms with Gasteiger partial charge in [0.25, 0.3) is 5.91 Å². The molecule has 1 aromatic heterocycles. The highest BCUT2D eigenvalue weighted by Crippen LogP contribution is 2.24. The van der Waals surface area contributed by atoms with Crippen molar-refractivity contribution < 1.29 is 4.79 Å². The van der Waals surface area contributed by atoms with Gasteiger partial charge in [-0.1, -0.05) is 6.92 Å². The Labute approximate surface area is 138 Å². The molecule has 0 saturated carbocycles. The lowest BCUT2D eigenvalue weighted by Gasteiger charge is -2.36. The van der Waals surface area contributed by atoms with Crippen molar-refractivity contribution in [1.82, 2.24) is 19.8 Å². The maximum Gasteiger partial charge on any atom is 0.274 e. The molecule has 0 radical (unpaired) electrons. The number of aromatic nitrogens is 2. The average molecular weight is 317 g/mol. The van der Waals surface area contributed by atoms with E-state index in [2.05, 4.69) is 33.7 Å². The lowest BCUT2D eigenvalue weighted by atomic mass is 10.0. The minimum atomic E-state index is 0.00263. The second kappa shape index (κ2) is 7.25. The summed E-state index contributed by atoms with van der Waals surface area (Å²) in [5, 5.41) is 0. The van der Waals surface area contributed by atoms with Gasteiger partial charge in [-0.3, -0.25) is 4.79 Å². The number of piperidine rings is 1. The Bertz CT molecular complexity index is 524. The topological polar surface area (TPSA) is 52.6 Å². The van der Waals surface area contributed by atoms with Crippen LogP contribution in [-0.4, -0.2) is 71.5 Å². The zero-order valence-corrected chi connectivity index (χ0v) is 14.2. The van der Waals surface area contributed by atoms with Gasteiger partial charge in [0.1, 0.15) is 11.5 Å². The van der Waals surface area contributed by atoms with Gasteiger partial charge in [0.05, 0.1) is 12.4 Å². The summed E-state index contributed by atoms with van der Waals surface area (Å²) in [7, 11) is 2.08. The highest BCUT2D eigenvalue weighted by Gasteiger charge is 2.24. The molecule has 0 N–H and O–H groups in total. The predicted molar refractivity (Wildman–Crippen MR) is 90.7 cm³/mol. The Kier molecular flexibility index (Phi) is 5.10. The van der Waals surface area contributed by atoms with Crippen molar-refractivity contribution in [2.24, 2.45) is 0 Å². The van der Waals surface area contributed by atoms with Gasteiger partial charge in [-0.25, -0.2) is 9.97 Å². The van der Waals surface area contributed by atoms with Crippen LogP contribution >= 0.6 is 0 Å². The van der Waals surface area contributed by atoms with Crippen LogP contribution in [0.15, 0.2) is 12.4 Å². The van der Waals surface area contributed by atoms with Crippen LogP contribution < -0.4 is 4.90 Å². The molecule has 6 heteroatoms. The van der Waals surface area contributed by atoms with Gasteiger partial charge in [0, 0.05) is 38.8 Å². The van der Waals surface area contributed by atoms with Crippen molar-refractivity contribution in [2.45, 2.75) is 38.6 Å². The Morgan fingerprint density at radius 1 is 1.13 bits per heavy atom. The van der Waals surface area contributed by atoms with Gasteiger partial charge in [0.15, 0.2) is 0 Å². The Balaban J connectivity index is 1.68. The zero-order valence-electron chi connectivity index (χ0n) is 14.2. The molecule has 0 bridgehead atoms.